The standard InChI is InChI=1S/C13H14N2O4S/c1-3-4-11-14-13(20-15-11)19-10-7-8(18-2)5-6-9(10)12(16)17/h5-7H,3-4H2,1-2H3,(H,16,17). The molecule has 6 nitrogen and oxygen atoms in total. The quantitative estimate of drug-likeness (QED) is 0.882. The highest BCUT2D eigenvalue weighted by Crippen LogP contribution is 2.30. The van der Waals surface area contributed by atoms with Crippen molar-refractivity contribution in [1.29, 1.82) is 0 Å². The van der Waals surface area contributed by atoms with E-state index in [4.69, 9.17) is 14.6 Å². The van der Waals surface area contributed by atoms with Gasteiger partial charge in [0, 0.05) is 24.0 Å². The van der Waals surface area contributed by atoms with Gasteiger partial charge in [-0.05, 0) is 18.6 Å². The average molecular weight is 294 g/mol. The molecule has 0 atom stereocenters. The number of aromatic carboxylic acids is 1. The highest BCUT2D eigenvalue weighted by atomic mass is 32.1. The average Bonchev–Trinajstić information content (AvgIpc) is 2.86. The maximum atomic E-state index is 11.2. The van der Waals surface area contributed by atoms with E-state index in [9.17, 15) is 4.79 Å². The molecule has 20 heavy (non-hydrogen) atoms. The molecule has 0 aliphatic rings. The molecule has 2 rings (SSSR count). The van der Waals surface area contributed by atoms with Crippen LogP contribution in [-0.4, -0.2) is 27.5 Å². The zero-order chi connectivity index (χ0) is 14.5. The first-order valence-electron chi connectivity index (χ1n) is 6.05. The number of carboxylic acid groups (broad SMARTS) is 1. The molecule has 1 heterocycles. The summed E-state index contributed by atoms with van der Waals surface area (Å²) in [5.74, 6) is 0.340. The third-order valence-corrected chi connectivity index (χ3v) is 3.17. The van der Waals surface area contributed by atoms with Crippen molar-refractivity contribution in [3.8, 4) is 16.7 Å². The molecular weight excluding hydrogens is 280 g/mol. The molecule has 106 valence electrons. The lowest BCUT2D eigenvalue weighted by molar-refractivity contribution is 0.0694. The molecule has 0 aliphatic carbocycles. The van der Waals surface area contributed by atoms with Gasteiger partial charge in [-0.15, -0.1) is 0 Å². The summed E-state index contributed by atoms with van der Waals surface area (Å²) in [5.41, 5.74) is 0.0537. The van der Waals surface area contributed by atoms with Crippen LogP contribution in [0.1, 0.15) is 29.5 Å². The number of hydrogen-bond acceptors (Lipinski definition) is 6. The van der Waals surface area contributed by atoms with E-state index in [-0.39, 0.29) is 11.3 Å². The zero-order valence-corrected chi connectivity index (χ0v) is 11.9. The molecule has 1 aromatic heterocycles. The molecule has 7 heteroatoms. The molecule has 0 saturated carbocycles. The SMILES string of the molecule is CCCc1nsc(Oc2cc(OC)ccc2C(=O)O)n1. The van der Waals surface area contributed by atoms with Gasteiger partial charge in [-0.2, -0.15) is 9.36 Å². The first-order valence-corrected chi connectivity index (χ1v) is 6.83. The number of aromatic nitrogens is 2. The van der Waals surface area contributed by atoms with E-state index in [1.807, 2.05) is 6.92 Å². The molecule has 2 aromatic rings. The zero-order valence-electron chi connectivity index (χ0n) is 11.1. The van der Waals surface area contributed by atoms with Crippen LogP contribution in [0.3, 0.4) is 0 Å². The molecule has 1 aromatic carbocycles. The van der Waals surface area contributed by atoms with E-state index in [2.05, 4.69) is 9.36 Å². The Bertz CT molecular complexity index is 612. The van der Waals surface area contributed by atoms with Gasteiger partial charge in [0.15, 0.2) is 0 Å². The molecule has 0 unspecified atom stereocenters. The van der Waals surface area contributed by atoms with Crippen LogP contribution < -0.4 is 9.47 Å². The van der Waals surface area contributed by atoms with Gasteiger partial charge >= 0.3 is 5.97 Å². The van der Waals surface area contributed by atoms with E-state index in [0.29, 0.717) is 16.8 Å². The minimum absolute atomic E-state index is 0.0537. The largest absolute Gasteiger partial charge is 0.497 e. The lowest BCUT2D eigenvalue weighted by Gasteiger charge is -2.07. The van der Waals surface area contributed by atoms with Crippen molar-refractivity contribution in [2.45, 2.75) is 19.8 Å². The number of carboxylic acids is 1. The van der Waals surface area contributed by atoms with Crippen LogP contribution in [0.4, 0.5) is 0 Å². The van der Waals surface area contributed by atoms with Crippen LogP contribution in [0.25, 0.3) is 0 Å². The number of methoxy groups -OCH3 is 1. The fourth-order valence-corrected chi connectivity index (χ4v) is 2.18. The molecule has 0 amide bonds. The van der Waals surface area contributed by atoms with Gasteiger partial charge in [0.05, 0.1) is 7.11 Å². The van der Waals surface area contributed by atoms with Gasteiger partial charge in [0.2, 0.25) is 0 Å². The summed E-state index contributed by atoms with van der Waals surface area (Å²) in [6.45, 7) is 2.03. The Morgan fingerprint density at radius 1 is 1.45 bits per heavy atom. The topological polar surface area (TPSA) is 81.5 Å². The van der Waals surface area contributed by atoms with E-state index in [0.717, 1.165) is 24.4 Å². The Morgan fingerprint density at radius 2 is 2.25 bits per heavy atom. The molecule has 0 spiro atoms. The summed E-state index contributed by atoms with van der Waals surface area (Å²) in [7, 11) is 1.50. The summed E-state index contributed by atoms with van der Waals surface area (Å²) in [6.07, 6.45) is 1.71. The van der Waals surface area contributed by atoms with Crippen molar-refractivity contribution in [3.63, 3.8) is 0 Å². The van der Waals surface area contributed by atoms with Crippen LogP contribution in [0.2, 0.25) is 0 Å². The predicted octanol–water partition coefficient (Wildman–Crippen LogP) is 2.99. The van der Waals surface area contributed by atoms with Crippen molar-refractivity contribution in [3.05, 3.63) is 29.6 Å². The number of aryl methyl sites for hydroxylation is 1. The molecule has 0 saturated heterocycles. The Kier molecular flexibility index (Phi) is 4.52. The van der Waals surface area contributed by atoms with Gasteiger partial charge in [0.1, 0.15) is 22.9 Å². The maximum Gasteiger partial charge on any atom is 0.339 e. The van der Waals surface area contributed by atoms with Crippen molar-refractivity contribution in [2.24, 2.45) is 0 Å². The number of hydrogen-bond donors (Lipinski definition) is 1. The number of benzene rings is 1. The summed E-state index contributed by atoms with van der Waals surface area (Å²) >= 11 is 1.10. The minimum atomic E-state index is -1.07. The van der Waals surface area contributed by atoms with E-state index in [1.165, 1.54) is 19.2 Å². The Balaban J connectivity index is 2.27. The highest BCUT2D eigenvalue weighted by Gasteiger charge is 2.15. The predicted molar refractivity (Wildman–Crippen MR) is 73.9 cm³/mol. The van der Waals surface area contributed by atoms with Crippen LogP contribution in [0.5, 0.6) is 16.7 Å². The second-order valence-corrected chi connectivity index (χ2v) is 4.71. The minimum Gasteiger partial charge on any atom is -0.497 e. The number of carbonyl (C=O) groups is 1. The molecule has 0 radical (unpaired) electrons. The van der Waals surface area contributed by atoms with Crippen molar-refractivity contribution < 1.29 is 19.4 Å². The smallest absolute Gasteiger partial charge is 0.339 e. The van der Waals surface area contributed by atoms with Crippen LogP contribution in [0.15, 0.2) is 18.2 Å². The lowest BCUT2D eigenvalue weighted by Crippen LogP contribution is -2.00. The van der Waals surface area contributed by atoms with Crippen LogP contribution in [0, 0.1) is 0 Å². The van der Waals surface area contributed by atoms with E-state index in [1.54, 1.807) is 6.07 Å². The van der Waals surface area contributed by atoms with Crippen molar-refractivity contribution in [1.82, 2.24) is 9.36 Å². The Hall–Kier alpha value is -2.15. The maximum absolute atomic E-state index is 11.2. The second kappa shape index (κ2) is 6.33. The first kappa shape index (κ1) is 14.3. The van der Waals surface area contributed by atoms with Crippen molar-refractivity contribution >= 4 is 17.5 Å². The van der Waals surface area contributed by atoms with Gasteiger partial charge in [0.25, 0.3) is 5.19 Å². The Labute approximate surface area is 120 Å². The number of nitrogens with zero attached hydrogens (tertiary/aromatic N) is 2. The molecular formula is C13H14N2O4S. The number of rotatable bonds is 6. The van der Waals surface area contributed by atoms with E-state index < -0.39 is 5.97 Å². The lowest BCUT2D eigenvalue weighted by atomic mass is 10.2. The normalized spacial score (nSPS) is 10.3. The fraction of sp³-hybridized carbons (Fsp3) is 0.308. The Morgan fingerprint density at radius 3 is 2.90 bits per heavy atom. The highest BCUT2D eigenvalue weighted by molar-refractivity contribution is 7.07. The summed E-state index contributed by atoms with van der Waals surface area (Å²) in [5, 5.41) is 9.47. The third kappa shape index (κ3) is 3.24. The molecule has 0 fully saturated rings. The van der Waals surface area contributed by atoms with Crippen LogP contribution in [-0.2, 0) is 6.42 Å². The summed E-state index contributed by atoms with van der Waals surface area (Å²) in [4.78, 5) is 15.4. The molecule has 0 bridgehead atoms. The first-order chi connectivity index (χ1) is 9.63. The van der Waals surface area contributed by atoms with Gasteiger partial charge in [-0.3, -0.25) is 0 Å². The fourth-order valence-electron chi connectivity index (χ4n) is 1.59. The van der Waals surface area contributed by atoms with E-state index >= 15 is 0 Å². The second-order valence-electron chi connectivity index (χ2n) is 4.00. The summed E-state index contributed by atoms with van der Waals surface area (Å²) in [6, 6.07) is 4.52. The number of ether oxygens (including phenoxy) is 2. The molecule has 0 aliphatic heterocycles. The van der Waals surface area contributed by atoms with Gasteiger partial charge in [-0.1, -0.05) is 6.92 Å². The summed E-state index contributed by atoms with van der Waals surface area (Å²) < 4.78 is 14.7. The monoisotopic (exact) mass is 294 g/mol. The van der Waals surface area contributed by atoms with Crippen LogP contribution >= 0.6 is 11.5 Å². The van der Waals surface area contributed by atoms with Gasteiger partial charge < -0.3 is 14.6 Å². The third-order valence-electron chi connectivity index (χ3n) is 2.54. The van der Waals surface area contributed by atoms with Gasteiger partial charge in [-0.25, -0.2) is 4.79 Å². The molecule has 1 N–H and O–H groups in total. The van der Waals surface area contributed by atoms with Crippen molar-refractivity contribution in [2.75, 3.05) is 7.11 Å².